The van der Waals surface area contributed by atoms with E-state index in [1.807, 2.05) is 30.9 Å². The van der Waals surface area contributed by atoms with Gasteiger partial charge in [-0.1, -0.05) is 45.0 Å². The van der Waals surface area contributed by atoms with Crippen LogP contribution >= 0.6 is 0 Å². The summed E-state index contributed by atoms with van der Waals surface area (Å²) < 4.78 is 0. The molecule has 4 rings (SSSR count). The van der Waals surface area contributed by atoms with E-state index in [9.17, 15) is 5.11 Å². The highest BCUT2D eigenvalue weighted by atomic mass is 16.3. The van der Waals surface area contributed by atoms with Gasteiger partial charge in [-0.25, -0.2) is 0 Å². The van der Waals surface area contributed by atoms with Gasteiger partial charge >= 0.3 is 0 Å². The van der Waals surface area contributed by atoms with E-state index in [1.54, 1.807) is 0 Å². The Hall–Kier alpha value is -2.43. The summed E-state index contributed by atoms with van der Waals surface area (Å²) in [4.78, 5) is 9.82. The molecule has 1 saturated heterocycles. The number of likely N-dealkylation sites (tertiary alicyclic amines) is 1. The van der Waals surface area contributed by atoms with Crippen LogP contribution in [0.25, 0.3) is 11.1 Å². The molecule has 146 valence electrons. The number of nitrogens with zero attached hydrogens (tertiary/aromatic N) is 2. The zero-order chi connectivity index (χ0) is 19.9. The highest BCUT2D eigenvalue weighted by Crippen LogP contribution is 2.50. The Balaban J connectivity index is 1.84. The summed E-state index contributed by atoms with van der Waals surface area (Å²) in [6.07, 6.45) is 7.53. The van der Waals surface area contributed by atoms with Crippen LogP contribution in [-0.4, -0.2) is 40.1 Å². The van der Waals surface area contributed by atoms with Gasteiger partial charge in [-0.3, -0.25) is 4.98 Å². The molecule has 3 heterocycles. The summed E-state index contributed by atoms with van der Waals surface area (Å²) in [6.45, 7) is 8.22. The molecule has 0 saturated carbocycles. The van der Waals surface area contributed by atoms with Crippen LogP contribution in [0, 0.1) is 5.41 Å². The van der Waals surface area contributed by atoms with Gasteiger partial charge < -0.3 is 15.0 Å². The SMILES string of the molecule is CC(C)c1ccc([C@](O)(c2cncc(-c3cc[nH]c3)c2)C2(C)CN(C)C2)cc1. The molecular formula is C24H29N3O. The summed E-state index contributed by atoms with van der Waals surface area (Å²) in [5, 5.41) is 12.2. The van der Waals surface area contributed by atoms with Crippen molar-refractivity contribution in [3.63, 3.8) is 0 Å². The smallest absolute Gasteiger partial charge is 0.124 e. The Morgan fingerprint density at radius 2 is 1.79 bits per heavy atom. The third-order valence-corrected chi connectivity index (χ3v) is 6.19. The Labute approximate surface area is 167 Å². The first-order valence-corrected chi connectivity index (χ1v) is 9.93. The highest BCUT2D eigenvalue weighted by molar-refractivity contribution is 5.63. The molecule has 1 fully saturated rings. The van der Waals surface area contributed by atoms with Crippen LogP contribution in [0.1, 0.15) is 43.4 Å². The van der Waals surface area contributed by atoms with Gasteiger partial charge in [0.15, 0.2) is 0 Å². The van der Waals surface area contributed by atoms with Gasteiger partial charge in [-0.2, -0.15) is 0 Å². The number of hydrogen-bond donors (Lipinski definition) is 2. The fourth-order valence-electron chi connectivity index (χ4n) is 4.65. The van der Waals surface area contributed by atoms with Gasteiger partial charge in [0.05, 0.1) is 0 Å². The molecule has 1 aromatic carbocycles. The molecule has 0 bridgehead atoms. The first-order chi connectivity index (χ1) is 13.3. The van der Waals surface area contributed by atoms with Crippen LogP contribution in [0.3, 0.4) is 0 Å². The molecule has 1 atom stereocenters. The summed E-state index contributed by atoms with van der Waals surface area (Å²) >= 11 is 0. The highest BCUT2D eigenvalue weighted by Gasteiger charge is 2.55. The summed E-state index contributed by atoms with van der Waals surface area (Å²) in [7, 11) is 2.10. The summed E-state index contributed by atoms with van der Waals surface area (Å²) in [5.41, 5.74) is 3.75. The molecular weight excluding hydrogens is 346 g/mol. The molecule has 0 amide bonds. The zero-order valence-electron chi connectivity index (χ0n) is 17.1. The lowest BCUT2D eigenvalue weighted by Crippen LogP contribution is -2.63. The number of hydrogen-bond acceptors (Lipinski definition) is 3. The minimum absolute atomic E-state index is 0.278. The van der Waals surface area contributed by atoms with Gasteiger partial charge in [0.1, 0.15) is 5.60 Å². The van der Waals surface area contributed by atoms with Crippen molar-refractivity contribution in [2.75, 3.05) is 20.1 Å². The number of H-pyrrole nitrogens is 1. The topological polar surface area (TPSA) is 52.2 Å². The number of aromatic amines is 1. The number of pyridine rings is 1. The van der Waals surface area contributed by atoms with E-state index in [0.717, 1.165) is 35.3 Å². The van der Waals surface area contributed by atoms with E-state index in [0.29, 0.717) is 5.92 Å². The standard InChI is InChI=1S/C24H29N3O/c1-17(2)18-5-7-21(8-6-18)24(28,23(3)15-27(4)16-23)22-11-20(13-26-14-22)19-9-10-25-12-19/h5-14,17,25,28H,15-16H2,1-4H3/t24-/m0/s1. The largest absolute Gasteiger partial charge is 0.380 e. The number of benzene rings is 1. The van der Waals surface area contributed by atoms with Gasteiger partial charge in [0.2, 0.25) is 0 Å². The van der Waals surface area contributed by atoms with Crippen molar-refractivity contribution in [3.05, 3.63) is 77.9 Å². The van der Waals surface area contributed by atoms with Crippen LogP contribution in [0.4, 0.5) is 0 Å². The third kappa shape index (κ3) is 2.97. The maximum Gasteiger partial charge on any atom is 0.124 e. The monoisotopic (exact) mass is 375 g/mol. The predicted molar refractivity (Wildman–Crippen MR) is 113 cm³/mol. The van der Waals surface area contributed by atoms with E-state index >= 15 is 0 Å². The van der Waals surface area contributed by atoms with Crippen molar-refractivity contribution in [1.29, 1.82) is 0 Å². The number of aliphatic hydroxyl groups is 1. The average Bonchev–Trinajstić information content (AvgIpc) is 3.21. The van der Waals surface area contributed by atoms with E-state index in [2.05, 4.69) is 73.0 Å². The molecule has 1 aliphatic rings. The Kier molecular flexibility index (Phi) is 4.64. The van der Waals surface area contributed by atoms with Crippen LogP contribution < -0.4 is 0 Å². The van der Waals surface area contributed by atoms with E-state index in [1.165, 1.54) is 5.56 Å². The molecule has 0 radical (unpaired) electrons. The van der Waals surface area contributed by atoms with E-state index in [-0.39, 0.29) is 5.41 Å². The lowest BCUT2D eigenvalue weighted by atomic mass is 9.62. The van der Waals surface area contributed by atoms with Crippen molar-refractivity contribution < 1.29 is 5.11 Å². The predicted octanol–water partition coefficient (Wildman–Crippen LogP) is 4.39. The molecule has 1 aliphatic heterocycles. The molecule has 3 aromatic rings. The Morgan fingerprint density at radius 1 is 1.07 bits per heavy atom. The number of aromatic nitrogens is 2. The van der Waals surface area contributed by atoms with E-state index in [4.69, 9.17) is 0 Å². The number of nitrogens with one attached hydrogen (secondary N) is 1. The van der Waals surface area contributed by atoms with Crippen molar-refractivity contribution in [2.45, 2.75) is 32.3 Å². The average molecular weight is 376 g/mol. The van der Waals surface area contributed by atoms with Gasteiger partial charge in [0.25, 0.3) is 0 Å². The third-order valence-electron chi connectivity index (χ3n) is 6.19. The quantitative estimate of drug-likeness (QED) is 0.695. The van der Waals surface area contributed by atoms with E-state index < -0.39 is 5.60 Å². The Bertz CT molecular complexity index is 940. The van der Waals surface area contributed by atoms with Gasteiger partial charge in [-0.05, 0) is 36.2 Å². The van der Waals surface area contributed by atoms with Crippen LogP contribution in [0.15, 0.2) is 61.2 Å². The molecule has 4 nitrogen and oxygen atoms in total. The van der Waals surface area contributed by atoms with Crippen LogP contribution in [0.2, 0.25) is 0 Å². The van der Waals surface area contributed by atoms with Crippen LogP contribution in [0.5, 0.6) is 0 Å². The first kappa shape index (κ1) is 18.9. The molecule has 2 aromatic heterocycles. The minimum Gasteiger partial charge on any atom is -0.380 e. The normalized spacial score (nSPS) is 18.6. The molecule has 0 aliphatic carbocycles. The van der Waals surface area contributed by atoms with Gasteiger partial charge in [-0.15, -0.1) is 0 Å². The second-order valence-corrected chi connectivity index (χ2v) is 8.78. The van der Waals surface area contributed by atoms with Crippen LogP contribution in [-0.2, 0) is 5.60 Å². The second-order valence-electron chi connectivity index (χ2n) is 8.78. The zero-order valence-corrected chi connectivity index (χ0v) is 17.1. The molecule has 2 N–H and O–H groups in total. The maximum absolute atomic E-state index is 12.2. The fraction of sp³-hybridized carbons (Fsp3) is 0.375. The molecule has 28 heavy (non-hydrogen) atoms. The number of rotatable bonds is 5. The Morgan fingerprint density at radius 3 is 2.36 bits per heavy atom. The minimum atomic E-state index is -1.10. The lowest BCUT2D eigenvalue weighted by Gasteiger charge is -2.55. The van der Waals surface area contributed by atoms with Crippen molar-refractivity contribution >= 4 is 0 Å². The first-order valence-electron chi connectivity index (χ1n) is 9.93. The van der Waals surface area contributed by atoms with Gasteiger partial charge in [0, 0.05) is 60.0 Å². The second kappa shape index (κ2) is 6.87. The lowest BCUT2D eigenvalue weighted by molar-refractivity contribution is -0.127. The maximum atomic E-state index is 12.2. The molecule has 0 unspecified atom stereocenters. The van der Waals surface area contributed by atoms with Crippen molar-refractivity contribution in [3.8, 4) is 11.1 Å². The summed E-state index contributed by atoms with van der Waals surface area (Å²) in [6, 6.07) is 12.6. The molecule has 0 spiro atoms. The summed E-state index contributed by atoms with van der Waals surface area (Å²) in [5.74, 6) is 0.464. The van der Waals surface area contributed by atoms with Crippen molar-refractivity contribution in [2.24, 2.45) is 5.41 Å². The molecule has 4 heteroatoms. The van der Waals surface area contributed by atoms with Crippen molar-refractivity contribution in [1.82, 2.24) is 14.9 Å². The fourth-order valence-corrected chi connectivity index (χ4v) is 4.65.